The number of benzene rings is 2. The van der Waals surface area contributed by atoms with Crippen LogP contribution in [0.1, 0.15) is 83.7 Å². The lowest BCUT2D eigenvalue weighted by molar-refractivity contribution is -0.127. The van der Waals surface area contributed by atoms with Crippen molar-refractivity contribution < 1.29 is 13.6 Å². The molecule has 2 aromatic carbocycles. The number of hydrogen-bond acceptors (Lipinski definition) is 5. The summed E-state index contributed by atoms with van der Waals surface area (Å²) in [4.78, 5) is 29.2. The number of nitrogens with two attached hydrogens (primary N) is 1. The minimum absolute atomic E-state index is 0.0224. The molecule has 198 valence electrons. The minimum Gasteiger partial charge on any atom is -0.331 e. The molecule has 2 aromatic heterocycles. The van der Waals surface area contributed by atoms with Crippen molar-refractivity contribution in [1.29, 1.82) is 0 Å². The van der Waals surface area contributed by atoms with Gasteiger partial charge in [-0.1, -0.05) is 25.1 Å². The summed E-state index contributed by atoms with van der Waals surface area (Å²) in [7, 11) is 1.88. The van der Waals surface area contributed by atoms with Crippen LogP contribution in [0.2, 0.25) is 0 Å². The normalized spacial score (nSPS) is 27.6. The van der Waals surface area contributed by atoms with Gasteiger partial charge in [0.15, 0.2) is 0 Å². The van der Waals surface area contributed by atoms with Crippen LogP contribution in [-0.2, 0) is 5.54 Å². The van der Waals surface area contributed by atoms with E-state index < -0.39 is 24.3 Å². The number of alkyl halides is 2. The Kier molecular flexibility index (Phi) is 4.44. The third-order valence-corrected chi connectivity index (χ3v) is 9.35. The predicted octanol–water partition coefficient (Wildman–Crippen LogP) is 5.32. The monoisotopic (exact) mass is 526 g/mol. The van der Waals surface area contributed by atoms with Gasteiger partial charge in [-0.25, -0.2) is 23.7 Å². The average molecular weight is 527 g/mol. The lowest BCUT2D eigenvalue weighted by Crippen LogP contribution is -2.56. The van der Waals surface area contributed by atoms with E-state index in [2.05, 4.69) is 33.6 Å². The van der Waals surface area contributed by atoms with Crippen molar-refractivity contribution in [2.24, 2.45) is 11.7 Å². The van der Waals surface area contributed by atoms with Crippen LogP contribution in [0.5, 0.6) is 0 Å². The highest BCUT2D eigenvalue weighted by Crippen LogP contribution is 2.54. The number of carbonyl (C=O) groups excluding carboxylic acids is 1. The number of halogens is 2. The maximum atomic E-state index is 13.6. The van der Waals surface area contributed by atoms with E-state index in [1.807, 2.05) is 36.2 Å². The van der Waals surface area contributed by atoms with E-state index in [1.165, 1.54) is 5.56 Å². The molecule has 0 unspecified atom stereocenters. The van der Waals surface area contributed by atoms with Crippen LogP contribution < -0.4 is 5.73 Å². The summed E-state index contributed by atoms with van der Waals surface area (Å²) in [6.07, 6.45) is 4.40. The summed E-state index contributed by atoms with van der Waals surface area (Å²) in [5.41, 5.74) is 11.8. The van der Waals surface area contributed by atoms with E-state index in [1.54, 1.807) is 12.4 Å². The standard InChI is InChI=1S/C30H28F2N6O/c1-15-8-20(15)18-4-3-5-19-25(18)23-10-24(37(2)27(19)39)26-36-21-7-6-16(9-22(21)38(23)26)17-11-34-28(35-12-17)29(33)13-30(31,32)14-29/h3-7,9,11-12,15,20,23-24H,8,10,13-14,33H2,1-2H3/t15-,20-,23-,24-/m1/s1. The lowest BCUT2D eigenvalue weighted by atomic mass is 9.73. The fourth-order valence-electron chi connectivity index (χ4n) is 7.17. The molecule has 4 atom stereocenters. The molecule has 1 amide bonds. The zero-order valence-electron chi connectivity index (χ0n) is 21.7. The average Bonchev–Trinajstić information content (AvgIpc) is 3.38. The number of imidazole rings is 1. The Morgan fingerprint density at radius 1 is 1.03 bits per heavy atom. The van der Waals surface area contributed by atoms with Gasteiger partial charge in [0.2, 0.25) is 0 Å². The summed E-state index contributed by atoms with van der Waals surface area (Å²) in [5, 5.41) is 0. The summed E-state index contributed by atoms with van der Waals surface area (Å²) in [6, 6.07) is 12.2. The summed E-state index contributed by atoms with van der Waals surface area (Å²) in [6.45, 7) is 2.27. The smallest absolute Gasteiger partial charge is 0.254 e. The molecule has 8 rings (SSSR count). The minimum atomic E-state index is -2.75. The molecule has 0 saturated heterocycles. The second kappa shape index (κ2) is 7.47. The molecule has 0 spiro atoms. The molecule has 9 heteroatoms. The maximum Gasteiger partial charge on any atom is 0.254 e. The van der Waals surface area contributed by atoms with Crippen LogP contribution >= 0.6 is 0 Å². The van der Waals surface area contributed by atoms with Gasteiger partial charge in [-0.15, -0.1) is 0 Å². The number of hydrogen-bond donors (Lipinski definition) is 1. The summed E-state index contributed by atoms with van der Waals surface area (Å²) in [5.74, 6) is -0.422. The quantitative estimate of drug-likeness (QED) is 0.390. The number of amides is 1. The van der Waals surface area contributed by atoms with Gasteiger partial charge in [0, 0.05) is 49.8 Å². The van der Waals surface area contributed by atoms with Crippen molar-refractivity contribution in [3.63, 3.8) is 0 Å². The third-order valence-electron chi connectivity index (χ3n) is 9.35. The van der Waals surface area contributed by atoms with Crippen molar-refractivity contribution in [2.75, 3.05) is 7.05 Å². The van der Waals surface area contributed by atoms with E-state index in [4.69, 9.17) is 10.7 Å². The number of carbonyl (C=O) groups is 1. The zero-order chi connectivity index (χ0) is 26.8. The van der Waals surface area contributed by atoms with Crippen LogP contribution in [0, 0.1) is 5.92 Å². The van der Waals surface area contributed by atoms with Crippen molar-refractivity contribution in [3.8, 4) is 11.1 Å². The van der Waals surface area contributed by atoms with Crippen molar-refractivity contribution in [2.45, 2.75) is 62.1 Å². The van der Waals surface area contributed by atoms with Gasteiger partial charge in [0.1, 0.15) is 11.6 Å². The Hall–Kier alpha value is -3.72. The van der Waals surface area contributed by atoms with Crippen molar-refractivity contribution in [3.05, 3.63) is 77.1 Å². The van der Waals surface area contributed by atoms with E-state index in [-0.39, 0.29) is 23.8 Å². The second-order valence-corrected chi connectivity index (χ2v) is 12.0. The van der Waals surface area contributed by atoms with Gasteiger partial charge in [-0.3, -0.25) is 4.79 Å². The van der Waals surface area contributed by atoms with Crippen molar-refractivity contribution in [1.82, 2.24) is 24.4 Å². The van der Waals surface area contributed by atoms with Crippen LogP contribution in [0.15, 0.2) is 48.8 Å². The highest BCUT2D eigenvalue weighted by atomic mass is 19.3. The molecular formula is C30H28F2N6O. The molecule has 2 saturated carbocycles. The first kappa shape index (κ1) is 23.2. The van der Waals surface area contributed by atoms with Crippen LogP contribution in [0.3, 0.4) is 0 Å². The van der Waals surface area contributed by atoms with Crippen molar-refractivity contribution >= 4 is 16.9 Å². The zero-order valence-corrected chi connectivity index (χ0v) is 21.7. The Labute approximate surface area is 224 Å². The van der Waals surface area contributed by atoms with E-state index in [0.717, 1.165) is 52.0 Å². The molecule has 4 aliphatic rings. The number of rotatable bonds is 3. The van der Waals surface area contributed by atoms with Gasteiger partial charge in [0.25, 0.3) is 11.8 Å². The van der Waals surface area contributed by atoms with Gasteiger partial charge < -0.3 is 15.2 Å². The van der Waals surface area contributed by atoms with Crippen LogP contribution in [-0.4, -0.2) is 43.3 Å². The van der Waals surface area contributed by atoms with Crippen LogP contribution in [0.4, 0.5) is 8.78 Å². The molecule has 2 aliphatic carbocycles. The van der Waals surface area contributed by atoms with Crippen LogP contribution in [0.25, 0.3) is 22.2 Å². The Morgan fingerprint density at radius 2 is 1.77 bits per heavy atom. The first-order chi connectivity index (χ1) is 18.6. The molecular weight excluding hydrogens is 498 g/mol. The Balaban J connectivity index is 1.23. The molecule has 39 heavy (non-hydrogen) atoms. The molecule has 0 radical (unpaired) electrons. The van der Waals surface area contributed by atoms with E-state index in [0.29, 0.717) is 11.8 Å². The second-order valence-electron chi connectivity index (χ2n) is 12.0. The summed E-state index contributed by atoms with van der Waals surface area (Å²) >= 11 is 0. The fraction of sp³-hybridized carbons (Fsp3) is 0.400. The van der Waals surface area contributed by atoms with Gasteiger partial charge in [-0.05, 0) is 53.1 Å². The van der Waals surface area contributed by atoms with Gasteiger partial charge in [0.05, 0.1) is 28.7 Å². The Morgan fingerprint density at radius 3 is 2.46 bits per heavy atom. The molecule has 4 aromatic rings. The molecule has 7 nitrogen and oxygen atoms in total. The maximum absolute atomic E-state index is 13.6. The van der Waals surface area contributed by atoms with E-state index in [9.17, 15) is 13.6 Å². The number of aromatic nitrogens is 4. The number of fused-ring (bicyclic) bond motifs is 9. The SMILES string of the molecule is C[C@@H]1C[C@H]1c1cccc2c1[C@H]1C[C@H](c3nc4ccc(-c5cnc(C6(N)CC(F)(F)C6)nc5)cc4n31)N(C)C2=O. The predicted molar refractivity (Wildman–Crippen MR) is 141 cm³/mol. The van der Waals surface area contributed by atoms with Gasteiger partial charge in [-0.2, -0.15) is 0 Å². The molecule has 2 aliphatic heterocycles. The third kappa shape index (κ3) is 3.22. The topological polar surface area (TPSA) is 89.9 Å². The molecule has 2 N–H and O–H groups in total. The fourth-order valence-corrected chi connectivity index (χ4v) is 7.17. The molecule has 2 fully saturated rings. The van der Waals surface area contributed by atoms with Gasteiger partial charge >= 0.3 is 0 Å². The molecule has 4 heterocycles. The first-order valence-corrected chi connectivity index (χ1v) is 13.5. The number of nitrogens with zero attached hydrogens (tertiary/aromatic N) is 5. The highest BCUT2D eigenvalue weighted by molar-refractivity contribution is 5.97. The largest absolute Gasteiger partial charge is 0.331 e. The molecule has 2 bridgehead atoms. The Bertz CT molecular complexity index is 1690. The highest BCUT2D eigenvalue weighted by Gasteiger charge is 2.57. The first-order valence-electron chi connectivity index (χ1n) is 13.5. The van der Waals surface area contributed by atoms with E-state index >= 15 is 0 Å². The summed E-state index contributed by atoms with van der Waals surface area (Å²) < 4.78 is 29.3. The lowest BCUT2D eigenvalue weighted by Gasteiger charge is -2.42.